The summed E-state index contributed by atoms with van der Waals surface area (Å²) in [5.74, 6) is 1.93. The molecule has 0 saturated carbocycles. The first-order chi connectivity index (χ1) is 13.7. The Morgan fingerprint density at radius 1 is 1.11 bits per heavy atom. The number of carbonyl (C=O) groups excluding carboxylic acids is 1. The van der Waals surface area contributed by atoms with Crippen molar-refractivity contribution in [3.8, 4) is 11.4 Å². The molecule has 3 rings (SSSR count). The number of methoxy groups -OCH3 is 2. The van der Waals surface area contributed by atoms with E-state index in [4.69, 9.17) is 9.47 Å². The van der Waals surface area contributed by atoms with Crippen LogP contribution in [0.5, 0.6) is 5.75 Å². The monoisotopic (exact) mass is 398 g/mol. The number of rotatable bonds is 9. The molecule has 0 aliphatic rings. The second-order valence-corrected chi connectivity index (χ2v) is 6.94. The Bertz CT molecular complexity index is 915. The van der Waals surface area contributed by atoms with Gasteiger partial charge in [0, 0.05) is 36.7 Å². The molecule has 1 amide bonds. The number of hydrogen-bond acceptors (Lipinski definition) is 6. The molecule has 28 heavy (non-hydrogen) atoms. The number of para-hydroxylation sites is 1. The molecule has 0 spiro atoms. The second-order valence-electron chi connectivity index (χ2n) is 5.88. The smallest absolute Gasteiger partial charge is 0.225 e. The lowest BCUT2D eigenvalue weighted by atomic mass is 10.3. The molecular weight excluding hydrogens is 376 g/mol. The summed E-state index contributed by atoms with van der Waals surface area (Å²) in [6.45, 7) is 0.360. The number of ether oxygens (including phenoxy) is 2. The van der Waals surface area contributed by atoms with Crippen molar-refractivity contribution in [3.05, 3.63) is 60.4 Å². The van der Waals surface area contributed by atoms with E-state index in [1.165, 1.54) is 11.8 Å². The number of aromatic nitrogens is 3. The van der Waals surface area contributed by atoms with Crippen LogP contribution >= 0.6 is 11.8 Å². The van der Waals surface area contributed by atoms with Crippen molar-refractivity contribution in [2.24, 2.45) is 0 Å². The van der Waals surface area contributed by atoms with Gasteiger partial charge in [0.15, 0.2) is 11.0 Å². The van der Waals surface area contributed by atoms with E-state index in [-0.39, 0.29) is 5.91 Å². The largest absolute Gasteiger partial charge is 0.497 e. The van der Waals surface area contributed by atoms with E-state index in [2.05, 4.69) is 15.5 Å². The molecule has 0 atom stereocenters. The summed E-state index contributed by atoms with van der Waals surface area (Å²) in [4.78, 5) is 12.2. The van der Waals surface area contributed by atoms with E-state index in [9.17, 15) is 4.79 Å². The summed E-state index contributed by atoms with van der Waals surface area (Å²) in [6.07, 6.45) is 0.350. The summed E-state index contributed by atoms with van der Waals surface area (Å²) in [6, 6.07) is 17.1. The molecule has 0 radical (unpaired) electrons. The lowest BCUT2D eigenvalue weighted by molar-refractivity contribution is -0.115. The van der Waals surface area contributed by atoms with Crippen molar-refractivity contribution in [2.45, 2.75) is 18.2 Å². The van der Waals surface area contributed by atoms with Crippen LogP contribution in [-0.2, 0) is 16.1 Å². The van der Waals surface area contributed by atoms with E-state index in [0.717, 1.165) is 16.7 Å². The first kappa shape index (κ1) is 19.9. The van der Waals surface area contributed by atoms with Gasteiger partial charge in [-0.1, -0.05) is 36.0 Å². The fraction of sp³-hybridized carbons (Fsp3) is 0.250. The lowest BCUT2D eigenvalue weighted by Gasteiger charge is -2.10. The van der Waals surface area contributed by atoms with Crippen LogP contribution in [0, 0.1) is 0 Å². The molecule has 2 aromatic carbocycles. The maximum atomic E-state index is 12.2. The Morgan fingerprint density at radius 3 is 2.68 bits per heavy atom. The van der Waals surface area contributed by atoms with Gasteiger partial charge in [0.25, 0.3) is 0 Å². The molecular formula is C20H22N4O3S. The van der Waals surface area contributed by atoms with Gasteiger partial charge in [-0.25, -0.2) is 0 Å². The van der Waals surface area contributed by atoms with Gasteiger partial charge >= 0.3 is 0 Å². The van der Waals surface area contributed by atoms with Crippen LogP contribution in [0.3, 0.4) is 0 Å². The highest BCUT2D eigenvalue weighted by molar-refractivity contribution is 7.99. The van der Waals surface area contributed by atoms with Gasteiger partial charge in [0.05, 0.1) is 7.11 Å². The third kappa shape index (κ3) is 5.11. The van der Waals surface area contributed by atoms with Gasteiger partial charge in [-0.15, -0.1) is 10.2 Å². The summed E-state index contributed by atoms with van der Waals surface area (Å²) >= 11 is 1.48. The van der Waals surface area contributed by atoms with Gasteiger partial charge in [0.1, 0.15) is 12.4 Å². The van der Waals surface area contributed by atoms with Crippen molar-refractivity contribution >= 4 is 23.4 Å². The van der Waals surface area contributed by atoms with Crippen LogP contribution in [0.4, 0.5) is 5.69 Å². The molecule has 0 aliphatic carbocycles. The van der Waals surface area contributed by atoms with E-state index in [1.807, 2.05) is 53.1 Å². The molecule has 7 nitrogen and oxygen atoms in total. The van der Waals surface area contributed by atoms with Gasteiger partial charge in [-0.3, -0.25) is 9.36 Å². The minimum absolute atomic E-state index is 0.0661. The molecule has 1 N–H and O–H groups in total. The van der Waals surface area contributed by atoms with Crippen LogP contribution in [0.1, 0.15) is 12.2 Å². The molecule has 1 aromatic heterocycles. The molecule has 3 aromatic rings. The number of nitrogens with one attached hydrogen (secondary N) is 1. The summed E-state index contributed by atoms with van der Waals surface area (Å²) in [7, 11) is 3.22. The zero-order valence-corrected chi connectivity index (χ0v) is 16.6. The zero-order valence-electron chi connectivity index (χ0n) is 15.8. The Kier molecular flexibility index (Phi) is 7.05. The number of thioether (sulfide) groups is 1. The summed E-state index contributed by atoms with van der Waals surface area (Å²) in [5.41, 5.74) is 1.67. The second kappa shape index (κ2) is 9.91. The average Bonchev–Trinajstić information content (AvgIpc) is 3.11. The topological polar surface area (TPSA) is 78.3 Å². The highest BCUT2D eigenvalue weighted by atomic mass is 32.2. The third-order valence-corrected chi connectivity index (χ3v) is 4.83. The maximum Gasteiger partial charge on any atom is 0.225 e. The van der Waals surface area contributed by atoms with Crippen LogP contribution in [0.15, 0.2) is 59.8 Å². The highest BCUT2D eigenvalue weighted by Crippen LogP contribution is 2.23. The fourth-order valence-electron chi connectivity index (χ4n) is 2.61. The molecule has 0 saturated heterocycles. The van der Waals surface area contributed by atoms with Gasteiger partial charge < -0.3 is 14.8 Å². The van der Waals surface area contributed by atoms with Gasteiger partial charge in [-0.05, 0) is 24.3 Å². The van der Waals surface area contributed by atoms with Crippen molar-refractivity contribution in [1.29, 1.82) is 0 Å². The Hall–Kier alpha value is -2.84. The van der Waals surface area contributed by atoms with Crippen LogP contribution < -0.4 is 10.1 Å². The van der Waals surface area contributed by atoms with E-state index >= 15 is 0 Å². The molecule has 146 valence electrons. The van der Waals surface area contributed by atoms with Crippen molar-refractivity contribution in [2.75, 3.05) is 25.3 Å². The predicted molar refractivity (Wildman–Crippen MR) is 109 cm³/mol. The van der Waals surface area contributed by atoms with E-state index in [1.54, 1.807) is 20.3 Å². The Balaban J connectivity index is 1.62. The lowest BCUT2D eigenvalue weighted by Crippen LogP contribution is -2.12. The molecule has 8 heteroatoms. The fourth-order valence-corrected chi connectivity index (χ4v) is 3.52. The minimum Gasteiger partial charge on any atom is -0.497 e. The quantitative estimate of drug-likeness (QED) is 0.556. The molecule has 0 bridgehead atoms. The van der Waals surface area contributed by atoms with E-state index < -0.39 is 0 Å². The zero-order chi connectivity index (χ0) is 19.8. The SMILES string of the molecule is COCc1nnc(SCCC(=O)Nc2cccc(OC)c2)n1-c1ccccc1. The normalized spacial score (nSPS) is 10.6. The van der Waals surface area contributed by atoms with Crippen LogP contribution in [-0.4, -0.2) is 40.6 Å². The highest BCUT2D eigenvalue weighted by Gasteiger charge is 2.14. The number of hydrogen-bond donors (Lipinski definition) is 1. The first-order valence-corrected chi connectivity index (χ1v) is 9.75. The summed E-state index contributed by atoms with van der Waals surface area (Å²) < 4.78 is 12.3. The molecule has 0 fully saturated rings. The maximum absolute atomic E-state index is 12.2. The van der Waals surface area contributed by atoms with Crippen LogP contribution in [0.25, 0.3) is 5.69 Å². The number of nitrogens with zero attached hydrogens (tertiary/aromatic N) is 3. The molecule has 1 heterocycles. The summed E-state index contributed by atoms with van der Waals surface area (Å²) in [5, 5.41) is 12.1. The Morgan fingerprint density at radius 2 is 1.93 bits per heavy atom. The van der Waals surface area contributed by atoms with Crippen molar-refractivity contribution in [3.63, 3.8) is 0 Å². The predicted octanol–water partition coefficient (Wildman–Crippen LogP) is 3.54. The van der Waals surface area contributed by atoms with Crippen molar-refractivity contribution < 1.29 is 14.3 Å². The van der Waals surface area contributed by atoms with Crippen molar-refractivity contribution in [1.82, 2.24) is 14.8 Å². The first-order valence-electron chi connectivity index (χ1n) is 8.76. The third-order valence-electron chi connectivity index (χ3n) is 3.90. The standard InChI is InChI=1S/C20H22N4O3S/c1-26-14-18-22-23-20(24(18)16-8-4-3-5-9-16)28-12-11-19(25)21-15-7-6-10-17(13-15)27-2/h3-10,13H,11-12,14H2,1-2H3,(H,21,25). The number of amides is 1. The average molecular weight is 398 g/mol. The van der Waals surface area contributed by atoms with Crippen LogP contribution in [0.2, 0.25) is 0 Å². The van der Waals surface area contributed by atoms with Gasteiger partial charge in [-0.2, -0.15) is 0 Å². The molecule has 0 aliphatic heterocycles. The molecule has 0 unspecified atom stereocenters. The number of anilines is 1. The minimum atomic E-state index is -0.0661. The van der Waals surface area contributed by atoms with E-state index in [0.29, 0.717) is 30.2 Å². The van der Waals surface area contributed by atoms with Gasteiger partial charge in [0.2, 0.25) is 5.91 Å². The number of carbonyl (C=O) groups is 1. The Labute approximate surface area is 168 Å². The number of benzene rings is 2.